The van der Waals surface area contributed by atoms with Gasteiger partial charge in [0.2, 0.25) is 0 Å². The molecule has 0 aliphatic rings. The second kappa shape index (κ2) is 6.19. The Hall–Kier alpha value is -1.09. The van der Waals surface area contributed by atoms with Crippen LogP contribution < -0.4 is 0 Å². The molecule has 2 nitrogen and oxygen atoms in total. The van der Waals surface area contributed by atoms with Gasteiger partial charge < -0.3 is 5.11 Å². The maximum absolute atomic E-state index is 10.0. The van der Waals surface area contributed by atoms with E-state index in [1.807, 2.05) is 24.3 Å². The summed E-state index contributed by atoms with van der Waals surface area (Å²) in [5, 5.41) is 11.1. The number of hydrogen-bond donors (Lipinski definition) is 1. The van der Waals surface area contributed by atoms with E-state index in [4.69, 9.17) is 23.2 Å². The Morgan fingerprint density at radius 1 is 1.06 bits per heavy atom. The molecule has 1 heterocycles. The van der Waals surface area contributed by atoms with Crippen molar-refractivity contribution in [1.82, 2.24) is 4.98 Å². The minimum absolute atomic E-state index is 0.483. The van der Waals surface area contributed by atoms with Crippen LogP contribution in [0.5, 0.6) is 0 Å². The van der Waals surface area contributed by atoms with Crippen LogP contribution in [0.2, 0.25) is 10.0 Å². The molecule has 1 atom stereocenters. The van der Waals surface area contributed by atoms with Crippen LogP contribution in [0.15, 0.2) is 42.7 Å². The fraction of sp³-hybridized carbons (Fsp3) is 0.214. The molecule has 1 N–H and O–H groups in total. The Labute approximate surface area is 116 Å². The zero-order chi connectivity index (χ0) is 13.0. The first-order valence-electron chi connectivity index (χ1n) is 5.66. The van der Waals surface area contributed by atoms with E-state index in [0.717, 1.165) is 11.1 Å². The van der Waals surface area contributed by atoms with Crippen molar-refractivity contribution in [3.63, 3.8) is 0 Å². The smallest absolute Gasteiger partial charge is 0.0625 e. The lowest BCUT2D eigenvalue weighted by Gasteiger charge is -2.12. The summed E-state index contributed by atoms with van der Waals surface area (Å²) in [5.41, 5.74) is 1.92. The molecule has 0 fully saturated rings. The van der Waals surface area contributed by atoms with Gasteiger partial charge in [0.15, 0.2) is 0 Å². The zero-order valence-corrected chi connectivity index (χ0v) is 11.2. The average molecular weight is 282 g/mol. The summed E-state index contributed by atoms with van der Waals surface area (Å²) in [4.78, 5) is 3.94. The predicted octanol–water partition coefficient (Wildman–Crippen LogP) is 3.53. The van der Waals surface area contributed by atoms with Crippen LogP contribution in [-0.4, -0.2) is 16.2 Å². The molecule has 0 radical (unpaired) electrons. The van der Waals surface area contributed by atoms with E-state index in [1.54, 1.807) is 18.5 Å². The van der Waals surface area contributed by atoms with Crippen molar-refractivity contribution >= 4 is 23.2 Å². The monoisotopic (exact) mass is 281 g/mol. The Kier molecular flexibility index (Phi) is 4.59. The summed E-state index contributed by atoms with van der Waals surface area (Å²) in [7, 11) is 0. The first kappa shape index (κ1) is 13.3. The van der Waals surface area contributed by atoms with Crippen molar-refractivity contribution in [2.45, 2.75) is 18.9 Å². The van der Waals surface area contributed by atoms with Gasteiger partial charge in [-0.1, -0.05) is 35.3 Å². The SMILES string of the molecule is OC(Cc1ccncc1)Cc1cccc(Cl)c1Cl. The highest BCUT2D eigenvalue weighted by Crippen LogP contribution is 2.26. The molecule has 0 spiro atoms. The molecule has 0 saturated carbocycles. The van der Waals surface area contributed by atoms with Gasteiger partial charge in [-0.15, -0.1) is 0 Å². The predicted molar refractivity (Wildman–Crippen MR) is 74.1 cm³/mol. The van der Waals surface area contributed by atoms with E-state index >= 15 is 0 Å². The van der Waals surface area contributed by atoms with Crippen LogP contribution in [0.4, 0.5) is 0 Å². The largest absolute Gasteiger partial charge is 0.392 e. The van der Waals surface area contributed by atoms with Crippen molar-refractivity contribution in [3.8, 4) is 0 Å². The second-order valence-corrected chi connectivity index (χ2v) is 4.92. The van der Waals surface area contributed by atoms with E-state index in [2.05, 4.69) is 4.98 Å². The minimum atomic E-state index is -0.483. The lowest BCUT2D eigenvalue weighted by atomic mass is 10.0. The molecule has 2 aromatic rings. The molecule has 0 saturated heterocycles. The fourth-order valence-electron chi connectivity index (χ4n) is 1.82. The molecule has 2 rings (SSSR count). The molecule has 0 aliphatic carbocycles. The van der Waals surface area contributed by atoms with Gasteiger partial charge in [0.1, 0.15) is 0 Å². The van der Waals surface area contributed by atoms with E-state index < -0.39 is 6.10 Å². The summed E-state index contributed by atoms with van der Waals surface area (Å²) in [6, 6.07) is 9.24. The number of halogens is 2. The molecule has 18 heavy (non-hydrogen) atoms. The Bertz CT molecular complexity index is 516. The number of benzene rings is 1. The Balaban J connectivity index is 2.03. The minimum Gasteiger partial charge on any atom is -0.392 e. The Morgan fingerprint density at radius 3 is 2.50 bits per heavy atom. The van der Waals surface area contributed by atoms with Gasteiger partial charge in [-0.05, 0) is 35.7 Å². The van der Waals surface area contributed by atoms with Crippen LogP contribution in [0.25, 0.3) is 0 Å². The van der Waals surface area contributed by atoms with Crippen molar-refractivity contribution in [1.29, 1.82) is 0 Å². The number of hydrogen-bond acceptors (Lipinski definition) is 2. The normalized spacial score (nSPS) is 12.4. The first-order chi connectivity index (χ1) is 8.66. The summed E-state index contributed by atoms with van der Waals surface area (Å²) in [6.07, 6.45) is 4.01. The number of pyridine rings is 1. The standard InChI is InChI=1S/C14H13Cl2NO/c15-13-3-1-2-11(14(13)16)9-12(18)8-10-4-6-17-7-5-10/h1-7,12,18H,8-9H2. The van der Waals surface area contributed by atoms with Crippen LogP contribution in [-0.2, 0) is 12.8 Å². The van der Waals surface area contributed by atoms with Crippen LogP contribution >= 0.6 is 23.2 Å². The quantitative estimate of drug-likeness (QED) is 0.930. The third-order valence-corrected chi connectivity index (χ3v) is 3.57. The molecule has 4 heteroatoms. The lowest BCUT2D eigenvalue weighted by Crippen LogP contribution is -2.14. The van der Waals surface area contributed by atoms with Gasteiger partial charge in [-0.2, -0.15) is 0 Å². The van der Waals surface area contributed by atoms with Crippen LogP contribution in [0.1, 0.15) is 11.1 Å². The maximum Gasteiger partial charge on any atom is 0.0625 e. The van der Waals surface area contributed by atoms with Crippen molar-refractivity contribution in [3.05, 3.63) is 63.9 Å². The lowest BCUT2D eigenvalue weighted by molar-refractivity contribution is 0.175. The summed E-state index contributed by atoms with van der Waals surface area (Å²) in [5.74, 6) is 0. The van der Waals surface area contributed by atoms with E-state index in [1.165, 1.54) is 0 Å². The van der Waals surface area contributed by atoms with E-state index in [-0.39, 0.29) is 0 Å². The van der Waals surface area contributed by atoms with Gasteiger partial charge in [0.25, 0.3) is 0 Å². The van der Waals surface area contributed by atoms with Crippen molar-refractivity contribution in [2.75, 3.05) is 0 Å². The van der Waals surface area contributed by atoms with Crippen molar-refractivity contribution in [2.24, 2.45) is 0 Å². The van der Waals surface area contributed by atoms with Gasteiger partial charge in [-0.25, -0.2) is 0 Å². The van der Waals surface area contributed by atoms with Gasteiger partial charge in [0.05, 0.1) is 16.1 Å². The molecule has 0 bridgehead atoms. The topological polar surface area (TPSA) is 33.1 Å². The highest BCUT2D eigenvalue weighted by molar-refractivity contribution is 6.42. The zero-order valence-electron chi connectivity index (χ0n) is 9.68. The average Bonchev–Trinajstić information content (AvgIpc) is 2.36. The molecule has 1 unspecified atom stereocenters. The van der Waals surface area contributed by atoms with Gasteiger partial charge >= 0.3 is 0 Å². The maximum atomic E-state index is 10.0. The highest BCUT2D eigenvalue weighted by atomic mass is 35.5. The third kappa shape index (κ3) is 3.45. The van der Waals surface area contributed by atoms with E-state index in [9.17, 15) is 5.11 Å². The third-order valence-electron chi connectivity index (χ3n) is 2.71. The van der Waals surface area contributed by atoms with E-state index in [0.29, 0.717) is 22.9 Å². The van der Waals surface area contributed by atoms with Crippen LogP contribution in [0, 0.1) is 0 Å². The molecule has 0 aliphatic heterocycles. The second-order valence-electron chi connectivity index (χ2n) is 4.13. The molecule has 0 amide bonds. The highest BCUT2D eigenvalue weighted by Gasteiger charge is 2.11. The number of aliphatic hydroxyl groups is 1. The first-order valence-corrected chi connectivity index (χ1v) is 6.42. The number of aliphatic hydroxyl groups excluding tert-OH is 1. The van der Waals surface area contributed by atoms with Crippen molar-refractivity contribution < 1.29 is 5.11 Å². The summed E-state index contributed by atoms with van der Waals surface area (Å²) in [6.45, 7) is 0. The molecular formula is C14H13Cl2NO. The number of aromatic nitrogens is 1. The fourth-order valence-corrected chi connectivity index (χ4v) is 2.22. The Morgan fingerprint density at radius 2 is 1.78 bits per heavy atom. The summed E-state index contributed by atoms with van der Waals surface area (Å²) < 4.78 is 0. The molecular weight excluding hydrogens is 269 g/mol. The van der Waals surface area contributed by atoms with Gasteiger partial charge in [0, 0.05) is 18.8 Å². The molecule has 1 aromatic carbocycles. The number of rotatable bonds is 4. The molecule has 1 aromatic heterocycles. The number of nitrogens with zero attached hydrogens (tertiary/aromatic N) is 1. The molecule has 94 valence electrons. The van der Waals surface area contributed by atoms with Gasteiger partial charge in [-0.3, -0.25) is 4.98 Å². The van der Waals surface area contributed by atoms with Crippen LogP contribution in [0.3, 0.4) is 0 Å². The summed E-state index contributed by atoms with van der Waals surface area (Å²) >= 11 is 12.0.